The van der Waals surface area contributed by atoms with E-state index in [1.165, 1.54) is 0 Å². The highest BCUT2D eigenvalue weighted by Gasteiger charge is 2.18. The molecule has 2 aromatic heterocycles. The number of para-hydroxylation sites is 1. The lowest BCUT2D eigenvalue weighted by Crippen LogP contribution is -2.10. The van der Waals surface area contributed by atoms with E-state index in [9.17, 15) is 0 Å². The summed E-state index contributed by atoms with van der Waals surface area (Å²) in [6.45, 7) is 2.02. The van der Waals surface area contributed by atoms with E-state index >= 15 is 0 Å². The van der Waals surface area contributed by atoms with E-state index in [4.69, 9.17) is 4.74 Å². The van der Waals surface area contributed by atoms with Crippen molar-refractivity contribution in [2.24, 2.45) is 0 Å². The number of hydrogen-bond acceptors (Lipinski definition) is 4. The first kappa shape index (κ1) is 12.1. The summed E-state index contributed by atoms with van der Waals surface area (Å²) in [5, 5.41) is 12.8. The van der Waals surface area contributed by atoms with Crippen LogP contribution in [-0.2, 0) is 26.1 Å². The summed E-state index contributed by atoms with van der Waals surface area (Å²) in [7, 11) is 0. The molecule has 0 saturated carbocycles. The van der Waals surface area contributed by atoms with Gasteiger partial charge in [-0.05, 0) is 12.1 Å². The topological polar surface area (TPSA) is 57.8 Å². The Kier molecular flexibility index (Phi) is 2.92. The van der Waals surface area contributed by atoms with Crippen molar-refractivity contribution in [3.8, 4) is 5.75 Å². The third-order valence-electron chi connectivity index (χ3n) is 3.69. The van der Waals surface area contributed by atoms with Gasteiger partial charge in [-0.2, -0.15) is 5.10 Å². The van der Waals surface area contributed by atoms with Gasteiger partial charge in [-0.3, -0.25) is 4.68 Å². The van der Waals surface area contributed by atoms with Crippen LogP contribution < -0.4 is 4.74 Å². The van der Waals surface area contributed by atoms with Crippen LogP contribution in [0, 0.1) is 0 Å². The van der Waals surface area contributed by atoms with Crippen LogP contribution >= 0.6 is 0 Å². The Balaban J connectivity index is 1.60. The normalized spacial score (nSPS) is 13.1. The van der Waals surface area contributed by atoms with Crippen molar-refractivity contribution in [3.63, 3.8) is 0 Å². The molecular weight excluding hydrogens is 266 g/mol. The lowest BCUT2D eigenvalue weighted by Gasteiger charge is -2.08. The van der Waals surface area contributed by atoms with Crippen molar-refractivity contribution in [1.29, 1.82) is 0 Å². The van der Waals surface area contributed by atoms with E-state index in [-0.39, 0.29) is 0 Å². The molecule has 0 saturated heterocycles. The van der Waals surface area contributed by atoms with Gasteiger partial charge in [0.15, 0.2) is 5.82 Å². The molecule has 4 rings (SSSR count). The van der Waals surface area contributed by atoms with Crippen molar-refractivity contribution < 1.29 is 4.74 Å². The Morgan fingerprint density at radius 1 is 1.14 bits per heavy atom. The number of ether oxygens (including phenoxy) is 1. The van der Waals surface area contributed by atoms with E-state index in [1.54, 1.807) is 6.20 Å². The zero-order valence-corrected chi connectivity index (χ0v) is 11.5. The molecule has 0 radical (unpaired) electrons. The van der Waals surface area contributed by atoms with E-state index in [1.807, 2.05) is 35.1 Å². The predicted molar refractivity (Wildman–Crippen MR) is 75.8 cm³/mol. The first-order chi connectivity index (χ1) is 10.4. The number of rotatable bonds is 3. The van der Waals surface area contributed by atoms with E-state index < -0.39 is 0 Å². The van der Waals surface area contributed by atoms with Crippen LogP contribution in [0.4, 0.5) is 0 Å². The van der Waals surface area contributed by atoms with Gasteiger partial charge in [0.2, 0.25) is 0 Å². The molecule has 0 atom stereocenters. The summed E-state index contributed by atoms with van der Waals surface area (Å²) in [6.07, 6.45) is 4.55. The molecule has 0 unspecified atom stereocenters. The highest BCUT2D eigenvalue weighted by atomic mass is 16.5. The van der Waals surface area contributed by atoms with Gasteiger partial charge >= 0.3 is 0 Å². The fraction of sp³-hybridized carbons (Fsp3) is 0.267. The number of aromatic nitrogens is 5. The Hall–Kier alpha value is -2.63. The first-order valence-corrected chi connectivity index (χ1v) is 6.99. The largest absolute Gasteiger partial charge is 0.485 e. The maximum absolute atomic E-state index is 5.80. The minimum absolute atomic E-state index is 0.464. The average molecular weight is 281 g/mol. The second-order valence-electron chi connectivity index (χ2n) is 5.03. The van der Waals surface area contributed by atoms with Gasteiger partial charge in [0.25, 0.3) is 0 Å². The van der Waals surface area contributed by atoms with Crippen LogP contribution in [-0.4, -0.2) is 24.5 Å². The smallest absolute Gasteiger partial charge is 0.171 e. The van der Waals surface area contributed by atoms with Gasteiger partial charge in [-0.25, -0.2) is 0 Å². The summed E-state index contributed by atoms with van der Waals surface area (Å²) < 4.78 is 9.85. The Labute approximate surface area is 122 Å². The summed E-state index contributed by atoms with van der Waals surface area (Å²) in [5.74, 6) is 2.78. The van der Waals surface area contributed by atoms with Crippen LogP contribution in [0.2, 0.25) is 0 Å². The summed E-state index contributed by atoms with van der Waals surface area (Å²) >= 11 is 0. The van der Waals surface area contributed by atoms with Gasteiger partial charge in [0, 0.05) is 30.9 Å². The first-order valence-electron chi connectivity index (χ1n) is 6.99. The fourth-order valence-corrected chi connectivity index (χ4v) is 2.58. The molecule has 1 aliphatic rings. The van der Waals surface area contributed by atoms with Crippen LogP contribution in [0.25, 0.3) is 0 Å². The molecule has 0 aliphatic carbocycles. The van der Waals surface area contributed by atoms with Gasteiger partial charge in [-0.1, -0.05) is 18.2 Å². The quantitative estimate of drug-likeness (QED) is 0.732. The molecule has 3 heterocycles. The fourth-order valence-electron chi connectivity index (χ4n) is 2.58. The third-order valence-corrected chi connectivity index (χ3v) is 3.69. The second kappa shape index (κ2) is 5.05. The average Bonchev–Trinajstić information content (AvgIpc) is 3.11. The maximum atomic E-state index is 5.80. The SMILES string of the molecule is c1ccc2c(c1)Cn1c(CCn3cccn3)nnc1CO2. The lowest BCUT2D eigenvalue weighted by molar-refractivity contribution is 0.297. The molecule has 0 bridgehead atoms. The predicted octanol–water partition coefficient (Wildman–Crippen LogP) is 1.66. The van der Waals surface area contributed by atoms with Crippen LogP contribution in [0.5, 0.6) is 5.75 Å². The number of benzene rings is 1. The van der Waals surface area contributed by atoms with Gasteiger partial charge in [-0.15, -0.1) is 10.2 Å². The zero-order chi connectivity index (χ0) is 14.1. The molecule has 3 aromatic rings. The van der Waals surface area contributed by atoms with Crippen LogP contribution in [0.15, 0.2) is 42.7 Å². The number of hydrogen-bond donors (Lipinski definition) is 0. The summed E-state index contributed by atoms with van der Waals surface area (Å²) in [5.41, 5.74) is 1.16. The van der Waals surface area contributed by atoms with Crippen molar-refractivity contribution in [2.75, 3.05) is 0 Å². The summed E-state index contributed by atoms with van der Waals surface area (Å²) in [4.78, 5) is 0. The van der Waals surface area contributed by atoms with Gasteiger partial charge in [0.1, 0.15) is 18.2 Å². The molecule has 1 aliphatic heterocycles. The second-order valence-corrected chi connectivity index (χ2v) is 5.03. The van der Waals surface area contributed by atoms with Crippen LogP contribution in [0.1, 0.15) is 17.2 Å². The van der Waals surface area contributed by atoms with Crippen LogP contribution in [0.3, 0.4) is 0 Å². The summed E-state index contributed by atoms with van der Waals surface area (Å²) in [6, 6.07) is 10.0. The lowest BCUT2D eigenvalue weighted by atomic mass is 10.2. The minimum Gasteiger partial charge on any atom is -0.485 e. The zero-order valence-electron chi connectivity index (χ0n) is 11.5. The molecule has 0 fully saturated rings. The molecule has 6 heteroatoms. The number of aryl methyl sites for hydroxylation is 2. The van der Waals surface area contributed by atoms with Crippen molar-refractivity contribution in [1.82, 2.24) is 24.5 Å². The molecule has 0 amide bonds. The Morgan fingerprint density at radius 2 is 2.10 bits per heavy atom. The highest BCUT2D eigenvalue weighted by molar-refractivity contribution is 5.34. The molecule has 106 valence electrons. The highest BCUT2D eigenvalue weighted by Crippen LogP contribution is 2.24. The molecular formula is C15H15N5O. The molecule has 1 aromatic carbocycles. The number of nitrogens with zero attached hydrogens (tertiary/aromatic N) is 5. The standard InChI is InChI=1S/C15H15N5O/c1-2-5-13-12(4-1)10-20-14(17-18-15(20)11-21-13)6-9-19-8-3-7-16-19/h1-5,7-8H,6,9-11H2. The third kappa shape index (κ3) is 2.29. The Bertz CT molecular complexity index is 747. The van der Waals surface area contributed by atoms with Crippen molar-refractivity contribution in [2.45, 2.75) is 26.1 Å². The van der Waals surface area contributed by atoms with Gasteiger partial charge < -0.3 is 9.30 Å². The van der Waals surface area contributed by atoms with Crippen molar-refractivity contribution in [3.05, 3.63) is 59.9 Å². The van der Waals surface area contributed by atoms with Gasteiger partial charge in [0.05, 0.1) is 6.54 Å². The molecule has 0 N–H and O–H groups in total. The van der Waals surface area contributed by atoms with E-state index in [2.05, 4.69) is 25.9 Å². The Morgan fingerprint density at radius 3 is 3.00 bits per heavy atom. The number of fused-ring (bicyclic) bond motifs is 2. The van der Waals surface area contributed by atoms with Crippen molar-refractivity contribution >= 4 is 0 Å². The molecule has 21 heavy (non-hydrogen) atoms. The van der Waals surface area contributed by atoms with E-state index in [0.717, 1.165) is 42.5 Å². The monoisotopic (exact) mass is 281 g/mol. The molecule has 0 spiro atoms. The molecule has 6 nitrogen and oxygen atoms in total. The minimum atomic E-state index is 0.464. The van der Waals surface area contributed by atoms with E-state index in [0.29, 0.717) is 6.61 Å². The maximum Gasteiger partial charge on any atom is 0.171 e.